The van der Waals surface area contributed by atoms with E-state index >= 15 is 0 Å². The summed E-state index contributed by atoms with van der Waals surface area (Å²) in [6, 6.07) is 10.9. The Kier molecular flexibility index (Phi) is 2.27. The fraction of sp³-hybridized carbons (Fsp3) is 0.200. The lowest BCUT2D eigenvalue weighted by Gasteiger charge is -2.09. The van der Waals surface area contributed by atoms with Gasteiger partial charge in [0, 0.05) is 23.8 Å². The molecular weight excluding hydrogens is 236 g/mol. The Morgan fingerprint density at radius 2 is 2.05 bits per heavy atom. The molecule has 4 rings (SSSR count). The molecular formula is C15H14N4. The predicted octanol–water partition coefficient (Wildman–Crippen LogP) is 2.99. The number of hydrogen-bond donors (Lipinski definition) is 1. The minimum absolute atomic E-state index is 0.592. The molecule has 0 bridgehead atoms. The summed E-state index contributed by atoms with van der Waals surface area (Å²) in [7, 11) is 0. The normalized spacial score (nSPS) is 14.7. The van der Waals surface area contributed by atoms with Crippen LogP contribution in [0.3, 0.4) is 0 Å². The third-order valence-electron chi connectivity index (χ3n) is 3.41. The maximum atomic E-state index is 4.50. The Labute approximate surface area is 111 Å². The van der Waals surface area contributed by atoms with Crippen LogP contribution < -0.4 is 5.32 Å². The number of pyridine rings is 1. The van der Waals surface area contributed by atoms with Crippen molar-refractivity contribution in [1.29, 1.82) is 0 Å². The topological polar surface area (TPSA) is 42.7 Å². The number of rotatable bonds is 3. The van der Waals surface area contributed by atoms with Crippen LogP contribution >= 0.6 is 0 Å². The molecule has 0 amide bonds. The van der Waals surface area contributed by atoms with Crippen molar-refractivity contribution in [2.75, 3.05) is 5.32 Å². The second-order valence-electron chi connectivity index (χ2n) is 4.93. The van der Waals surface area contributed by atoms with Gasteiger partial charge in [0.05, 0.1) is 17.4 Å². The molecule has 4 nitrogen and oxygen atoms in total. The zero-order valence-corrected chi connectivity index (χ0v) is 10.5. The van der Waals surface area contributed by atoms with Crippen LogP contribution in [0.4, 0.5) is 5.95 Å². The van der Waals surface area contributed by atoms with E-state index in [-0.39, 0.29) is 0 Å². The number of nitrogens with one attached hydrogen (secondary N) is 1. The van der Waals surface area contributed by atoms with E-state index in [1.165, 1.54) is 12.8 Å². The zero-order valence-electron chi connectivity index (χ0n) is 10.5. The molecule has 0 atom stereocenters. The lowest BCUT2D eigenvalue weighted by atomic mass is 10.2. The first-order chi connectivity index (χ1) is 9.40. The average Bonchev–Trinajstić information content (AvgIpc) is 3.14. The van der Waals surface area contributed by atoms with Gasteiger partial charge in [0.15, 0.2) is 0 Å². The molecule has 1 aliphatic carbocycles. The van der Waals surface area contributed by atoms with Crippen molar-refractivity contribution in [2.45, 2.75) is 18.9 Å². The fourth-order valence-electron chi connectivity index (χ4n) is 2.22. The van der Waals surface area contributed by atoms with Gasteiger partial charge in [0.2, 0.25) is 5.95 Å². The molecule has 2 aromatic heterocycles. The van der Waals surface area contributed by atoms with Crippen molar-refractivity contribution in [3.63, 3.8) is 0 Å². The molecule has 1 aromatic carbocycles. The molecule has 3 aromatic rings. The minimum Gasteiger partial charge on any atom is -0.353 e. The van der Waals surface area contributed by atoms with Crippen molar-refractivity contribution >= 4 is 16.9 Å². The summed E-state index contributed by atoms with van der Waals surface area (Å²) in [5.74, 6) is 0.902. The van der Waals surface area contributed by atoms with Crippen LogP contribution in [0.25, 0.3) is 16.6 Å². The molecule has 0 unspecified atom stereocenters. The number of imidazole rings is 1. The summed E-state index contributed by atoms with van der Waals surface area (Å²) in [6.45, 7) is 0. The zero-order chi connectivity index (χ0) is 12.7. The third kappa shape index (κ3) is 1.95. The van der Waals surface area contributed by atoms with Gasteiger partial charge in [0.25, 0.3) is 0 Å². The molecule has 19 heavy (non-hydrogen) atoms. The Morgan fingerprint density at radius 3 is 2.95 bits per heavy atom. The van der Waals surface area contributed by atoms with E-state index in [0.717, 1.165) is 22.5 Å². The first kappa shape index (κ1) is 10.6. The standard InChI is InChI=1S/C15H14N4/c1-2-4-14-11(3-1)9-13(10-17-14)19-8-7-16-15(19)18-12-5-6-12/h1-4,7-10,12H,5-6H2,(H,16,18). The summed E-state index contributed by atoms with van der Waals surface area (Å²) in [5.41, 5.74) is 2.06. The van der Waals surface area contributed by atoms with Crippen molar-refractivity contribution in [3.8, 4) is 5.69 Å². The van der Waals surface area contributed by atoms with Gasteiger partial charge >= 0.3 is 0 Å². The van der Waals surface area contributed by atoms with E-state index in [0.29, 0.717) is 6.04 Å². The first-order valence-corrected chi connectivity index (χ1v) is 6.55. The first-order valence-electron chi connectivity index (χ1n) is 6.55. The highest BCUT2D eigenvalue weighted by atomic mass is 15.2. The van der Waals surface area contributed by atoms with E-state index in [4.69, 9.17) is 0 Å². The summed E-state index contributed by atoms with van der Waals surface area (Å²) in [5, 5.41) is 4.58. The molecule has 94 valence electrons. The van der Waals surface area contributed by atoms with Gasteiger partial charge in [0.1, 0.15) is 0 Å². The quantitative estimate of drug-likeness (QED) is 0.777. The van der Waals surface area contributed by atoms with Crippen molar-refractivity contribution in [2.24, 2.45) is 0 Å². The van der Waals surface area contributed by atoms with E-state index in [1.807, 2.05) is 36.8 Å². The molecule has 4 heteroatoms. The molecule has 0 radical (unpaired) electrons. The third-order valence-corrected chi connectivity index (χ3v) is 3.41. The summed E-state index contributed by atoms with van der Waals surface area (Å²) >= 11 is 0. The Balaban J connectivity index is 1.78. The molecule has 1 N–H and O–H groups in total. The summed E-state index contributed by atoms with van der Waals surface area (Å²) in [4.78, 5) is 8.87. The van der Waals surface area contributed by atoms with E-state index in [9.17, 15) is 0 Å². The van der Waals surface area contributed by atoms with Gasteiger partial charge in [-0.05, 0) is 25.0 Å². The monoisotopic (exact) mass is 250 g/mol. The molecule has 1 fully saturated rings. The SMILES string of the molecule is c1ccc2ncc(-n3ccnc3NC3CC3)cc2c1. The highest BCUT2D eigenvalue weighted by Gasteiger charge is 2.22. The van der Waals surface area contributed by atoms with Gasteiger partial charge in [-0.25, -0.2) is 4.98 Å². The van der Waals surface area contributed by atoms with Crippen molar-refractivity contribution in [3.05, 3.63) is 48.9 Å². The van der Waals surface area contributed by atoms with E-state index < -0.39 is 0 Å². The summed E-state index contributed by atoms with van der Waals surface area (Å²) < 4.78 is 2.05. The lowest BCUT2D eigenvalue weighted by molar-refractivity contribution is 0.998. The average molecular weight is 250 g/mol. The minimum atomic E-state index is 0.592. The molecule has 1 saturated carbocycles. The Morgan fingerprint density at radius 1 is 1.16 bits per heavy atom. The molecule has 2 heterocycles. The predicted molar refractivity (Wildman–Crippen MR) is 75.5 cm³/mol. The molecule has 0 saturated heterocycles. The number of anilines is 1. The number of para-hydroxylation sites is 1. The highest BCUT2D eigenvalue weighted by Crippen LogP contribution is 2.25. The second kappa shape index (κ2) is 4.09. The second-order valence-corrected chi connectivity index (χ2v) is 4.93. The number of hydrogen-bond acceptors (Lipinski definition) is 3. The maximum Gasteiger partial charge on any atom is 0.207 e. The number of nitrogens with zero attached hydrogens (tertiary/aromatic N) is 3. The number of aromatic nitrogens is 3. The van der Waals surface area contributed by atoms with Crippen LogP contribution in [-0.4, -0.2) is 20.6 Å². The van der Waals surface area contributed by atoms with Crippen LogP contribution in [0.2, 0.25) is 0 Å². The smallest absolute Gasteiger partial charge is 0.207 e. The van der Waals surface area contributed by atoms with Crippen LogP contribution in [0.5, 0.6) is 0 Å². The highest BCUT2D eigenvalue weighted by molar-refractivity contribution is 5.80. The fourth-order valence-corrected chi connectivity index (χ4v) is 2.22. The Hall–Kier alpha value is -2.36. The summed E-state index contributed by atoms with van der Waals surface area (Å²) in [6.07, 6.45) is 8.16. The molecule has 0 spiro atoms. The van der Waals surface area contributed by atoms with E-state index in [1.54, 1.807) is 0 Å². The molecule has 1 aliphatic rings. The molecule has 0 aliphatic heterocycles. The van der Waals surface area contributed by atoms with Gasteiger partial charge in [-0.3, -0.25) is 9.55 Å². The van der Waals surface area contributed by atoms with Gasteiger partial charge < -0.3 is 5.32 Å². The van der Waals surface area contributed by atoms with Gasteiger partial charge in [-0.15, -0.1) is 0 Å². The van der Waals surface area contributed by atoms with Crippen molar-refractivity contribution in [1.82, 2.24) is 14.5 Å². The van der Waals surface area contributed by atoms with Crippen LogP contribution in [0.1, 0.15) is 12.8 Å². The lowest BCUT2D eigenvalue weighted by Crippen LogP contribution is -2.07. The van der Waals surface area contributed by atoms with Crippen LogP contribution in [-0.2, 0) is 0 Å². The van der Waals surface area contributed by atoms with Gasteiger partial charge in [-0.2, -0.15) is 0 Å². The number of fused-ring (bicyclic) bond motifs is 1. The number of benzene rings is 1. The van der Waals surface area contributed by atoms with Crippen molar-refractivity contribution < 1.29 is 0 Å². The van der Waals surface area contributed by atoms with Gasteiger partial charge in [-0.1, -0.05) is 18.2 Å². The van der Waals surface area contributed by atoms with E-state index in [2.05, 4.69) is 32.0 Å². The van der Waals surface area contributed by atoms with Crippen LogP contribution in [0.15, 0.2) is 48.9 Å². The van der Waals surface area contributed by atoms with Crippen LogP contribution in [0, 0.1) is 0 Å². The Bertz CT molecular complexity index is 728. The largest absolute Gasteiger partial charge is 0.353 e. The maximum absolute atomic E-state index is 4.50.